The molecule has 17 heavy (non-hydrogen) atoms. The number of nitrogens with one attached hydrogen (secondary N) is 1. The lowest BCUT2D eigenvalue weighted by molar-refractivity contribution is -0.385. The minimum atomic E-state index is -0.357. The van der Waals surface area contributed by atoms with E-state index in [0.29, 0.717) is 12.0 Å². The fourth-order valence-electron chi connectivity index (χ4n) is 1.77. The lowest BCUT2D eigenvalue weighted by atomic mass is 9.94. The number of nitro benzene ring substituents is 1. The Kier molecular flexibility index (Phi) is 5.32. The van der Waals surface area contributed by atoms with Gasteiger partial charge in [0.2, 0.25) is 0 Å². The van der Waals surface area contributed by atoms with E-state index < -0.39 is 0 Å². The van der Waals surface area contributed by atoms with Gasteiger partial charge in [-0.2, -0.15) is 0 Å². The van der Waals surface area contributed by atoms with E-state index in [1.807, 2.05) is 6.07 Å². The van der Waals surface area contributed by atoms with Crippen LogP contribution in [0.3, 0.4) is 0 Å². The Bertz CT molecular complexity index is 409. The number of hydrogen-bond donors (Lipinski definition) is 1. The molecular weight excluding hydrogens is 331 g/mol. The summed E-state index contributed by atoms with van der Waals surface area (Å²) in [6, 6.07) is 5.42. The highest BCUT2D eigenvalue weighted by Crippen LogP contribution is 2.27. The molecule has 1 aromatic carbocycles. The van der Waals surface area contributed by atoms with Crippen molar-refractivity contribution in [1.29, 1.82) is 0 Å². The van der Waals surface area contributed by atoms with E-state index >= 15 is 0 Å². The monoisotopic (exact) mass is 348 g/mol. The molecule has 1 aromatic rings. The first-order valence-corrected chi connectivity index (χ1v) is 6.72. The van der Waals surface area contributed by atoms with Crippen LogP contribution < -0.4 is 5.32 Å². The van der Waals surface area contributed by atoms with E-state index in [1.54, 1.807) is 12.1 Å². The zero-order valence-electron chi connectivity index (χ0n) is 10.2. The van der Waals surface area contributed by atoms with Crippen molar-refractivity contribution >= 4 is 28.3 Å². The quantitative estimate of drug-likeness (QED) is 0.505. The van der Waals surface area contributed by atoms with Crippen LogP contribution in [0.2, 0.25) is 0 Å². The molecule has 0 spiro atoms. The molecule has 0 saturated carbocycles. The first-order chi connectivity index (χ1) is 7.97. The van der Waals surface area contributed by atoms with Gasteiger partial charge in [-0.3, -0.25) is 10.1 Å². The Morgan fingerprint density at radius 3 is 2.59 bits per heavy atom. The molecule has 2 unspecified atom stereocenters. The van der Waals surface area contributed by atoms with Crippen molar-refractivity contribution in [2.45, 2.75) is 32.7 Å². The number of benzene rings is 1. The molecule has 1 N–H and O–H groups in total. The lowest BCUT2D eigenvalue weighted by Crippen LogP contribution is -2.30. The second kappa shape index (κ2) is 6.30. The molecule has 0 saturated heterocycles. The van der Waals surface area contributed by atoms with Gasteiger partial charge in [0, 0.05) is 21.7 Å². The average molecular weight is 348 g/mol. The molecule has 0 heterocycles. The summed E-state index contributed by atoms with van der Waals surface area (Å²) in [6.45, 7) is 7.27. The lowest BCUT2D eigenvalue weighted by Gasteiger charge is -2.22. The summed E-state index contributed by atoms with van der Waals surface area (Å²) < 4.78 is 0.953. The molecule has 0 bridgehead atoms. The molecular formula is C12H17IN2O2. The molecule has 94 valence electrons. The van der Waals surface area contributed by atoms with E-state index in [-0.39, 0.29) is 10.6 Å². The summed E-state index contributed by atoms with van der Waals surface area (Å²) in [5.74, 6) is 0.336. The van der Waals surface area contributed by atoms with Crippen LogP contribution in [0.4, 0.5) is 5.69 Å². The molecule has 0 aliphatic heterocycles. The van der Waals surface area contributed by atoms with Crippen molar-refractivity contribution in [2.75, 3.05) is 6.54 Å². The zero-order chi connectivity index (χ0) is 13.0. The summed E-state index contributed by atoms with van der Waals surface area (Å²) >= 11 is 2.16. The van der Waals surface area contributed by atoms with Crippen LogP contribution in [0.1, 0.15) is 32.3 Å². The van der Waals surface area contributed by atoms with Crippen molar-refractivity contribution in [3.8, 4) is 0 Å². The first-order valence-electron chi connectivity index (χ1n) is 5.64. The summed E-state index contributed by atoms with van der Waals surface area (Å²) in [7, 11) is 0. The fourth-order valence-corrected chi connectivity index (χ4v) is 2.76. The average Bonchev–Trinajstić information content (AvgIpc) is 2.28. The van der Waals surface area contributed by atoms with Crippen LogP contribution in [0.25, 0.3) is 0 Å². The highest BCUT2D eigenvalue weighted by Gasteiger charge is 2.18. The van der Waals surface area contributed by atoms with E-state index in [9.17, 15) is 10.1 Å². The second-order valence-corrected chi connectivity index (χ2v) is 5.26. The van der Waals surface area contributed by atoms with Crippen LogP contribution >= 0.6 is 22.6 Å². The molecule has 2 atom stereocenters. The van der Waals surface area contributed by atoms with Crippen molar-refractivity contribution in [3.63, 3.8) is 0 Å². The maximum Gasteiger partial charge on any atom is 0.270 e. The third-order valence-corrected chi connectivity index (χ3v) is 3.90. The van der Waals surface area contributed by atoms with Gasteiger partial charge in [0.15, 0.2) is 0 Å². The molecule has 0 fully saturated rings. The molecule has 0 aliphatic rings. The van der Waals surface area contributed by atoms with Gasteiger partial charge in [0.25, 0.3) is 5.69 Å². The normalized spacial score (nSPS) is 14.4. The van der Waals surface area contributed by atoms with Crippen molar-refractivity contribution < 1.29 is 4.92 Å². The van der Waals surface area contributed by atoms with Gasteiger partial charge in [-0.25, -0.2) is 0 Å². The van der Waals surface area contributed by atoms with Crippen molar-refractivity contribution in [2.24, 2.45) is 0 Å². The van der Waals surface area contributed by atoms with Gasteiger partial charge >= 0.3 is 0 Å². The van der Waals surface area contributed by atoms with Crippen molar-refractivity contribution in [3.05, 3.63) is 37.4 Å². The van der Waals surface area contributed by atoms with Gasteiger partial charge in [-0.1, -0.05) is 19.9 Å². The molecule has 4 nitrogen and oxygen atoms in total. The number of halogens is 1. The van der Waals surface area contributed by atoms with Gasteiger partial charge in [0.05, 0.1) is 4.92 Å². The molecule has 0 amide bonds. The first kappa shape index (κ1) is 14.4. The van der Waals surface area contributed by atoms with E-state index in [2.05, 4.69) is 48.7 Å². The van der Waals surface area contributed by atoms with E-state index in [0.717, 1.165) is 15.7 Å². The van der Waals surface area contributed by atoms with Gasteiger partial charge < -0.3 is 5.32 Å². The van der Waals surface area contributed by atoms with Gasteiger partial charge in [-0.05, 0) is 47.5 Å². The Hall–Kier alpha value is -0.690. The minimum absolute atomic E-state index is 0.154. The number of nitrogens with zero attached hydrogens (tertiary/aromatic N) is 1. The van der Waals surface area contributed by atoms with Crippen LogP contribution in [-0.4, -0.2) is 17.5 Å². The maximum absolute atomic E-state index is 10.7. The third-order valence-electron chi connectivity index (χ3n) is 2.96. The summed E-state index contributed by atoms with van der Waals surface area (Å²) in [5.41, 5.74) is 1.31. The number of hydrogen-bond acceptors (Lipinski definition) is 3. The standard InChI is InChI=1S/C12H17IN2O2/c1-4-14-9(3)8(2)11-6-5-10(15(16)17)7-12(11)13/h5-9,14H,4H2,1-3H3. The van der Waals surface area contributed by atoms with Crippen LogP contribution in [0.5, 0.6) is 0 Å². The Morgan fingerprint density at radius 1 is 1.47 bits per heavy atom. The summed E-state index contributed by atoms with van der Waals surface area (Å²) in [5, 5.41) is 14.0. The fraction of sp³-hybridized carbons (Fsp3) is 0.500. The van der Waals surface area contributed by atoms with E-state index in [4.69, 9.17) is 0 Å². The predicted molar refractivity (Wildman–Crippen MR) is 77.4 cm³/mol. The molecule has 5 heteroatoms. The third kappa shape index (κ3) is 3.64. The maximum atomic E-state index is 10.7. The van der Waals surface area contributed by atoms with Crippen molar-refractivity contribution in [1.82, 2.24) is 5.32 Å². The zero-order valence-corrected chi connectivity index (χ0v) is 12.4. The predicted octanol–water partition coefficient (Wildman–Crippen LogP) is 3.30. The van der Waals surface area contributed by atoms with Crippen LogP contribution in [0.15, 0.2) is 18.2 Å². The smallest absolute Gasteiger partial charge is 0.270 e. The number of non-ortho nitro benzene ring substituents is 1. The molecule has 1 rings (SSSR count). The van der Waals surface area contributed by atoms with Crippen LogP contribution in [0, 0.1) is 13.7 Å². The van der Waals surface area contributed by atoms with Gasteiger partial charge in [0.1, 0.15) is 0 Å². The highest BCUT2D eigenvalue weighted by molar-refractivity contribution is 14.1. The Balaban J connectivity index is 2.95. The second-order valence-electron chi connectivity index (χ2n) is 4.10. The molecule has 0 aromatic heterocycles. The number of nitro groups is 1. The summed E-state index contributed by atoms with van der Waals surface area (Å²) in [6.07, 6.45) is 0. The Labute approximate surface area is 115 Å². The molecule has 0 radical (unpaired) electrons. The number of likely N-dealkylation sites (N-methyl/N-ethyl adjacent to an activating group) is 1. The highest BCUT2D eigenvalue weighted by atomic mass is 127. The number of rotatable bonds is 5. The van der Waals surface area contributed by atoms with Gasteiger partial charge in [-0.15, -0.1) is 0 Å². The van der Waals surface area contributed by atoms with E-state index in [1.165, 1.54) is 0 Å². The minimum Gasteiger partial charge on any atom is -0.314 e. The SMILES string of the molecule is CCNC(C)C(C)c1ccc([N+](=O)[O-])cc1I. The largest absolute Gasteiger partial charge is 0.314 e. The summed E-state index contributed by atoms with van der Waals surface area (Å²) in [4.78, 5) is 10.3. The Morgan fingerprint density at radius 2 is 2.12 bits per heavy atom. The molecule has 0 aliphatic carbocycles. The topological polar surface area (TPSA) is 55.2 Å². The van der Waals surface area contributed by atoms with Crippen LogP contribution in [-0.2, 0) is 0 Å².